The van der Waals surface area contributed by atoms with Gasteiger partial charge in [-0.1, -0.05) is 24.0 Å². The molecule has 0 atom stereocenters. The van der Waals surface area contributed by atoms with Crippen molar-refractivity contribution >= 4 is 0 Å². The molecule has 0 unspecified atom stereocenters. The van der Waals surface area contributed by atoms with Gasteiger partial charge in [0.05, 0.1) is 5.56 Å². The summed E-state index contributed by atoms with van der Waals surface area (Å²) >= 11 is 0. The molecule has 0 saturated heterocycles. The fourth-order valence-corrected chi connectivity index (χ4v) is 2.39. The molecular formula is C21H13F3O. The maximum Gasteiger partial charge on any atom is 0.159 e. The molecule has 3 aromatic rings. The second-order valence-corrected chi connectivity index (χ2v) is 5.57. The molecule has 0 heterocycles. The van der Waals surface area contributed by atoms with E-state index in [0.29, 0.717) is 16.7 Å². The fraction of sp³-hybridized carbons (Fsp3) is 0.0476. The van der Waals surface area contributed by atoms with E-state index in [0.717, 1.165) is 17.7 Å². The highest BCUT2D eigenvalue weighted by Crippen LogP contribution is 2.23. The summed E-state index contributed by atoms with van der Waals surface area (Å²) < 4.78 is 40.6. The third-order valence-corrected chi connectivity index (χ3v) is 3.76. The average molecular weight is 338 g/mol. The maximum absolute atomic E-state index is 14.3. The molecule has 0 spiro atoms. The van der Waals surface area contributed by atoms with Crippen LogP contribution < -0.4 is 0 Å². The Morgan fingerprint density at radius 3 is 1.92 bits per heavy atom. The predicted molar refractivity (Wildman–Crippen MR) is 90.6 cm³/mol. The molecule has 0 saturated carbocycles. The van der Waals surface area contributed by atoms with E-state index in [1.807, 2.05) is 0 Å². The lowest BCUT2D eigenvalue weighted by molar-refractivity contribution is 0.475. The molecule has 3 aromatic carbocycles. The van der Waals surface area contributed by atoms with Gasteiger partial charge in [0.2, 0.25) is 0 Å². The van der Waals surface area contributed by atoms with E-state index in [1.165, 1.54) is 24.3 Å². The lowest BCUT2D eigenvalue weighted by Crippen LogP contribution is -1.89. The van der Waals surface area contributed by atoms with Crippen LogP contribution in [0.4, 0.5) is 13.2 Å². The SMILES string of the molecule is Cc1cc(O)ccc1C#Cc1ccc(-c2ccc(F)c(F)c2)cc1F. The first-order valence-electron chi connectivity index (χ1n) is 7.50. The van der Waals surface area contributed by atoms with E-state index in [9.17, 15) is 18.3 Å². The minimum absolute atomic E-state index is 0.144. The Bertz CT molecular complexity index is 1010. The molecule has 1 nitrogen and oxygen atoms in total. The van der Waals surface area contributed by atoms with Crippen LogP contribution >= 0.6 is 0 Å². The molecule has 0 radical (unpaired) electrons. The lowest BCUT2D eigenvalue weighted by Gasteiger charge is -2.04. The first-order chi connectivity index (χ1) is 11.9. The molecule has 4 heteroatoms. The van der Waals surface area contributed by atoms with Crippen LogP contribution in [0.1, 0.15) is 16.7 Å². The number of benzene rings is 3. The standard InChI is InChI=1S/C21H13F3O/c1-13-10-18(25)8-6-14(13)2-3-15-4-5-16(11-20(15)23)17-7-9-19(22)21(24)12-17/h4-12,25H,1H3. The smallest absolute Gasteiger partial charge is 0.159 e. The molecule has 0 fully saturated rings. The Morgan fingerprint density at radius 2 is 1.28 bits per heavy atom. The Labute approximate surface area is 143 Å². The number of rotatable bonds is 1. The topological polar surface area (TPSA) is 20.2 Å². The molecule has 0 aliphatic carbocycles. The van der Waals surface area contributed by atoms with E-state index in [-0.39, 0.29) is 11.3 Å². The summed E-state index contributed by atoms with van der Waals surface area (Å²) in [5.74, 6) is 3.27. The number of phenolic OH excluding ortho intramolecular Hbond substituents is 1. The van der Waals surface area contributed by atoms with Gasteiger partial charge < -0.3 is 5.11 Å². The highest BCUT2D eigenvalue weighted by Gasteiger charge is 2.07. The summed E-state index contributed by atoms with van der Waals surface area (Å²) in [6.07, 6.45) is 0. The van der Waals surface area contributed by atoms with Crippen molar-refractivity contribution < 1.29 is 18.3 Å². The van der Waals surface area contributed by atoms with Crippen LogP contribution in [0.25, 0.3) is 11.1 Å². The number of phenols is 1. The molecule has 3 rings (SSSR count). The molecule has 1 N–H and O–H groups in total. The van der Waals surface area contributed by atoms with Crippen molar-refractivity contribution in [3.63, 3.8) is 0 Å². The van der Waals surface area contributed by atoms with Crippen LogP contribution in [0.15, 0.2) is 54.6 Å². The van der Waals surface area contributed by atoms with Gasteiger partial charge in [-0.2, -0.15) is 0 Å². The monoisotopic (exact) mass is 338 g/mol. The zero-order chi connectivity index (χ0) is 18.0. The van der Waals surface area contributed by atoms with Crippen molar-refractivity contribution in [2.75, 3.05) is 0 Å². The Hall–Kier alpha value is -3.19. The first-order valence-corrected chi connectivity index (χ1v) is 7.50. The molecule has 0 bridgehead atoms. The summed E-state index contributed by atoms with van der Waals surface area (Å²) in [6.45, 7) is 1.80. The maximum atomic E-state index is 14.3. The lowest BCUT2D eigenvalue weighted by atomic mass is 10.0. The number of hydrogen-bond acceptors (Lipinski definition) is 1. The van der Waals surface area contributed by atoms with E-state index < -0.39 is 17.5 Å². The average Bonchev–Trinajstić information content (AvgIpc) is 2.57. The first kappa shape index (κ1) is 16.7. The predicted octanol–water partition coefficient (Wildman–Crippen LogP) is 5.18. The van der Waals surface area contributed by atoms with Gasteiger partial charge in [0.25, 0.3) is 0 Å². The van der Waals surface area contributed by atoms with Crippen LogP contribution in [0.5, 0.6) is 5.75 Å². The van der Waals surface area contributed by atoms with Gasteiger partial charge in [0, 0.05) is 5.56 Å². The van der Waals surface area contributed by atoms with Gasteiger partial charge in [-0.05, 0) is 66.1 Å². The van der Waals surface area contributed by atoms with Crippen molar-refractivity contribution in [1.29, 1.82) is 0 Å². The number of aryl methyl sites for hydroxylation is 1. The molecule has 124 valence electrons. The van der Waals surface area contributed by atoms with Crippen LogP contribution in [0.2, 0.25) is 0 Å². The summed E-state index contributed by atoms with van der Waals surface area (Å²) in [5.41, 5.74) is 2.47. The van der Waals surface area contributed by atoms with Crippen molar-refractivity contribution in [3.8, 4) is 28.7 Å². The van der Waals surface area contributed by atoms with Crippen molar-refractivity contribution in [2.45, 2.75) is 6.92 Å². The van der Waals surface area contributed by atoms with E-state index in [1.54, 1.807) is 25.1 Å². The second-order valence-electron chi connectivity index (χ2n) is 5.57. The Morgan fingerprint density at radius 1 is 0.680 bits per heavy atom. The van der Waals surface area contributed by atoms with Crippen LogP contribution in [-0.4, -0.2) is 5.11 Å². The van der Waals surface area contributed by atoms with E-state index in [2.05, 4.69) is 11.8 Å². The normalized spacial score (nSPS) is 10.2. The Balaban J connectivity index is 1.93. The summed E-state index contributed by atoms with van der Waals surface area (Å²) in [5, 5.41) is 9.38. The minimum atomic E-state index is -0.982. The third kappa shape index (κ3) is 3.67. The molecule has 0 amide bonds. The molecule has 0 aromatic heterocycles. The van der Waals surface area contributed by atoms with Crippen LogP contribution in [0.3, 0.4) is 0 Å². The van der Waals surface area contributed by atoms with Gasteiger partial charge >= 0.3 is 0 Å². The quantitative estimate of drug-likeness (QED) is 0.606. The molecule has 0 aliphatic rings. The fourth-order valence-electron chi connectivity index (χ4n) is 2.39. The molecule has 25 heavy (non-hydrogen) atoms. The zero-order valence-corrected chi connectivity index (χ0v) is 13.3. The van der Waals surface area contributed by atoms with Crippen molar-refractivity contribution in [2.24, 2.45) is 0 Å². The van der Waals surface area contributed by atoms with Gasteiger partial charge in [-0.15, -0.1) is 0 Å². The number of hydrogen-bond donors (Lipinski definition) is 1. The van der Waals surface area contributed by atoms with Gasteiger partial charge in [-0.25, -0.2) is 13.2 Å². The minimum Gasteiger partial charge on any atom is -0.508 e. The number of aromatic hydroxyl groups is 1. The molecule has 0 aliphatic heterocycles. The highest BCUT2D eigenvalue weighted by molar-refractivity contribution is 5.65. The van der Waals surface area contributed by atoms with E-state index in [4.69, 9.17) is 0 Å². The van der Waals surface area contributed by atoms with Crippen molar-refractivity contribution in [1.82, 2.24) is 0 Å². The zero-order valence-electron chi connectivity index (χ0n) is 13.3. The van der Waals surface area contributed by atoms with Crippen LogP contribution in [-0.2, 0) is 0 Å². The van der Waals surface area contributed by atoms with Crippen LogP contribution in [0, 0.1) is 36.2 Å². The largest absolute Gasteiger partial charge is 0.508 e. The molecular weight excluding hydrogens is 325 g/mol. The third-order valence-electron chi connectivity index (χ3n) is 3.76. The summed E-state index contributed by atoms with van der Waals surface area (Å²) in [6, 6.07) is 12.5. The van der Waals surface area contributed by atoms with Crippen molar-refractivity contribution in [3.05, 3.63) is 88.7 Å². The van der Waals surface area contributed by atoms with E-state index >= 15 is 0 Å². The number of halogens is 3. The Kier molecular flexibility index (Phi) is 4.49. The summed E-state index contributed by atoms with van der Waals surface area (Å²) in [7, 11) is 0. The van der Waals surface area contributed by atoms with Gasteiger partial charge in [0.1, 0.15) is 11.6 Å². The van der Waals surface area contributed by atoms with Gasteiger partial charge in [0.15, 0.2) is 11.6 Å². The second kappa shape index (κ2) is 6.74. The highest BCUT2D eigenvalue weighted by atomic mass is 19.2. The summed E-state index contributed by atoms with van der Waals surface area (Å²) in [4.78, 5) is 0. The van der Waals surface area contributed by atoms with Gasteiger partial charge in [-0.3, -0.25) is 0 Å².